The van der Waals surface area contributed by atoms with E-state index in [2.05, 4.69) is 24.1 Å². The first-order valence-corrected chi connectivity index (χ1v) is 10.7. The molecule has 1 aliphatic heterocycles. The van der Waals surface area contributed by atoms with Crippen molar-refractivity contribution in [1.82, 2.24) is 10.3 Å². The molecule has 0 aliphatic carbocycles. The van der Waals surface area contributed by atoms with Crippen molar-refractivity contribution >= 4 is 9.84 Å². The fourth-order valence-corrected chi connectivity index (χ4v) is 5.87. The Hall–Kier alpha value is -1.72. The van der Waals surface area contributed by atoms with Gasteiger partial charge in [0.05, 0.1) is 16.7 Å². The normalized spacial score (nSPS) is 25.1. The zero-order valence-corrected chi connectivity index (χ0v) is 15.7. The third-order valence-corrected chi connectivity index (χ3v) is 7.18. The summed E-state index contributed by atoms with van der Waals surface area (Å²) < 4.78 is 26.3. The second-order valence-corrected chi connectivity index (χ2v) is 8.85. The van der Waals surface area contributed by atoms with Gasteiger partial charge in [-0.3, -0.25) is 10.3 Å². The predicted molar refractivity (Wildman–Crippen MR) is 100 cm³/mol. The highest BCUT2D eigenvalue weighted by Gasteiger charge is 2.41. The predicted octanol–water partition coefficient (Wildman–Crippen LogP) is 3.89. The van der Waals surface area contributed by atoms with Crippen LogP contribution in [0.3, 0.4) is 0 Å². The van der Waals surface area contributed by atoms with Crippen LogP contribution in [0.5, 0.6) is 0 Å². The fourth-order valence-electron chi connectivity index (χ4n) is 3.73. The summed E-state index contributed by atoms with van der Waals surface area (Å²) in [6, 6.07) is 11.2. The summed E-state index contributed by atoms with van der Waals surface area (Å²) in [6.45, 7) is 4.22. The second kappa shape index (κ2) is 7.26. The van der Waals surface area contributed by atoms with Gasteiger partial charge in [0.2, 0.25) is 0 Å². The molecule has 134 valence electrons. The molecule has 0 unspecified atom stereocenters. The van der Waals surface area contributed by atoms with Gasteiger partial charge in [-0.05, 0) is 42.2 Å². The van der Waals surface area contributed by atoms with Crippen molar-refractivity contribution in [3.8, 4) is 0 Å². The first-order valence-electron chi connectivity index (χ1n) is 9.00. The van der Waals surface area contributed by atoms with E-state index < -0.39 is 15.4 Å². The number of hydrogen-bond acceptors (Lipinski definition) is 4. The van der Waals surface area contributed by atoms with E-state index in [0.29, 0.717) is 4.90 Å². The number of fused-ring (bicyclic) bond motifs is 1. The van der Waals surface area contributed by atoms with E-state index >= 15 is 0 Å². The van der Waals surface area contributed by atoms with E-state index in [-0.39, 0.29) is 11.8 Å². The first-order chi connectivity index (χ1) is 12.0. The number of unbranched alkanes of at least 4 members (excludes halogenated alkanes) is 1. The highest BCUT2D eigenvalue weighted by atomic mass is 32.2. The van der Waals surface area contributed by atoms with E-state index in [1.807, 2.05) is 30.3 Å². The van der Waals surface area contributed by atoms with Crippen molar-refractivity contribution in [2.45, 2.75) is 56.0 Å². The Morgan fingerprint density at radius 1 is 1.16 bits per heavy atom. The van der Waals surface area contributed by atoms with E-state index in [9.17, 15) is 8.42 Å². The topological polar surface area (TPSA) is 59.1 Å². The molecule has 1 aromatic heterocycles. The summed E-state index contributed by atoms with van der Waals surface area (Å²) in [6.07, 6.45) is 7.22. The molecule has 2 atom stereocenters. The highest BCUT2D eigenvalue weighted by Crippen LogP contribution is 2.37. The maximum absolute atomic E-state index is 13.2. The van der Waals surface area contributed by atoms with Crippen LogP contribution in [-0.4, -0.2) is 24.7 Å². The van der Waals surface area contributed by atoms with Crippen LogP contribution >= 0.6 is 0 Å². The van der Waals surface area contributed by atoms with Crippen molar-refractivity contribution < 1.29 is 8.42 Å². The van der Waals surface area contributed by atoms with Crippen LogP contribution in [0.15, 0.2) is 53.7 Å². The molecule has 0 amide bonds. The maximum atomic E-state index is 13.2. The van der Waals surface area contributed by atoms with E-state index in [1.54, 1.807) is 18.5 Å². The molecule has 1 N–H and O–H groups in total. The van der Waals surface area contributed by atoms with E-state index in [1.165, 1.54) is 0 Å². The molecule has 0 saturated carbocycles. The third kappa shape index (κ3) is 3.62. The Morgan fingerprint density at radius 3 is 2.56 bits per heavy atom. The lowest BCUT2D eigenvalue weighted by molar-refractivity contribution is 0.295. The van der Waals surface area contributed by atoms with Crippen LogP contribution in [0.2, 0.25) is 0 Å². The van der Waals surface area contributed by atoms with Gasteiger partial charge in [0.15, 0.2) is 9.84 Å². The summed E-state index contributed by atoms with van der Waals surface area (Å²) in [5.41, 5.74) is 1.47. The highest BCUT2D eigenvalue weighted by molar-refractivity contribution is 7.91. The largest absolute Gasteiger partial charge is 0.300 e. The van der Waals surface area contributed by atoms with Crippen LogP contribution in [0, 0.1) is 0 Å². The van der Waals surface area contributed by atoms with Gasteiger partial charge in [0.25, 0.3) is 0 Å². The molecule has 2 aromatic rings. The van der Waals surface area contributed by atoms with E-state index in [4.69, 9.17) is 0 Å². The lowest BCUT2D eigenvalue weighted by Gasteiger charge is -2.35. The number of pyridine rings is 1. The average Bonchev–Trinajstić information content (AvgIpc) is 2.74. The zero-order valence-electron chi connectivity index (χ0n) is 14.9. The summed E-state index contributed by atoms with van der Waals surface area (Å²) in [5.74, 6) is 0.148. The molecule has 0 spiro atoms. The molecule has 0 radical (unpaired) electrons. The number of nitrogens with one attached hydrogen (secondary N) is 1. The maximum Gasteiger partial charge on any atom is 0.180 e. The van der Waals surface area contributed by atoms with Gasteiger partial charge < -0.3 is 0 Å². The summed E-state index contributed by atoms with van der Waals surface area (Å²) in [4.78, 5) is 4.56. The molecule has 3 rings (SSSR count). The monoisotopic (exact) mass is 358 g/mol. The summed E-state index contributed by atoms with van der Waals surface area (Å²) in [5, 5.41) is 3.74. The lowest BCUT2D eigenvalue weighted by Crippen LogP contribution is -2.50. The molecule has 1 aromatic carbocycles. The van der Waals surface area contributed by atoms with Crippen molar-refractivity contribution in [3.63, 3.8) is 0 Å². The minimum atomic E-state index is -3.35. The van der Waals surface area contributed by atoms with Crippen LogP contribution in [0.4, 0.5) is 0 Å². The van der Waals surface area contributed by atoms with Gasteiger partial charge in [0, 0.05) is 17.9 Å². The van der Waals surface area contributed by atoms with Gasteiger partial charge in [-0.25, -0.2) is 8.42 Å². The number of hydrogen-bond donors (Lipinski definition) is 1. The third-order valence-electron chi connectivity index (χ3n) is 5.21. The summed E-state index contributed by atoms with van der Waals surface area (Å²) >= 11 is 0. The van der Waals surface area contributed by atoms with Crippen LogP contribution in [0.1, 0.15) is 56.7 Å². The average molecular weight is 359 g/mol. The van der Waals surface area contributed by atoms with Gasteiger partial charge in [-0.1, -0.05) is 44.9 Å². The molecule has 5 heteroatoms. The molecule has 4 nitrogen and oxygen atoms in total. The Kier molecular flexibility index (Phi) is 5.25. The van der Waals surface area contributed by atoms with Crippen molar-refractivity contribution in [1.29, 1.82) is 0 Å². The van der Waals surface area contributed by atoms with Crippen molar-refractivity contribution in [2.75, 3.05) is 5.75 Å². The van der Waals surface area contributed by atoms with Crippen LogP contribution in [-0.2, 0) is 9.84 Å². The van der Waals surface area contributed by atoms with E-state index in [0.717, 1.165) is 36.8 Å². The molecule has 1 aliphatic rings. The number of nitrogens with zero attached hydrogens (tertiary/aromatic N) is 1. The minimum absolute atomic E-state index is 0.145. The lowest BCUT2D eigenvalue weighted by atomic mass is 9.88. The number of sulfone groups is 1. The standard InChI is InChI=1S/C20H26N2O2S/c1-3-5-12-20(4-2)15-25(23,24)18-9-7-6-8-17(18)19(22-20)16-10-13-21-14-11-16/h6-11,13-14,19,22H,3-5,12,15H2,1-2H3/t19-,20-/m0/s1. The Bertz CT molecular complexity index is 821. The molecule has 25 heavy (non-hydrogen) atoms. The Morgan fingerprint density at radius 2 is 1.88 bits per heavy atom. The summed E-state index contributed by atoms with van der Waals surface area (Å²) in [7, 11) is -3.35. The molecule has 2 heterocycles. The Labute approximate surface area is 150 Å². The number of benzene rings is 1. The van der Waals surface area contributed by atoms with Crippen molar-refractivity contribution in [2.24, 2.45) is 0 Å². The van der Waals surface area contributed by atoms with Gasteiger partial charge in [0.1, 0.15) is 0 Å². The number of rotatable bonds is 5. The van der Waals surface area contributed by atoms with Crippen LogP contribution in [0.25, 0.3) is 0 Å². The fraction of sp³-hybridized carbons (Fsp3) is 0.450. The zero-order chi connectivity index (χ0) is 17.9. The molecular formula is C20H26N2O2S. The number of aromatic nitrogens is 1. The second-order valence-electron chi connectivity index (χ2n) is 6.89. The SMILES string of the molecule is CCCC[C@@]1(CC)CS(=O)(=O)c2ccccc2[C@H](c2ccncc2)N1. The smallest absolute Gasteiger partial charge is 0.180 e. The Balaban J connectivity index is 2.17. The van der Waals surface area contributed by atoms with Gasteiger partial charge in [-0.15, -0.1) is 0 Å². The molecular weight excluding hydrogens is 332 g/mol. The first kappa shape index (κ1) is 18.1. The molecule has 0 bridgehead atoms. The molecule has 0 fully saturated rings. The van der Waals surface area contributed by atoms with Crippen LogP contribution < -0.4 is 5.32 Å². The molecule has 0 saturated heterocycles. The van der Waals surface area contributed by atoms with Gasteiger partial charge >= 0.3 is 0 Å². The minimum Gasteiger partial charge on any atom is -0.300 e. The van der Waals surface area contributed by atoms with Gasteiger partial charge in [-0.2, -0.15) is 0 Å². The van der Waals surface area contributed by atoms with Crippen molar-refractivity contribution in [3.05, 3.63) is 59.9 Å². The quantitative estimate of drug-likeness (QED) is 0.881.